The summed E-state index contributed by atoms with van der Waals surface area (Å²) in [7, 11) is 0. The molecule has 2 amide bonds. The normalized spacial score (nSPS) is 17.0. The van der Waals surface area contributed by atoms with Gasteiger partial charge in [-0.1, -0.05) is 47.5 Å². The number of carbonyl (C=O) groups is 2. The van der Waals surface area contributed by atoms with E-state index in [1.807, 2.05) is 37.8 Å². The molecule has 43 heavy (non-hydrogen) atoms. The molecule has 1 saturated heterocycles. The van der Waals surface area contributed by atoms with Crippen LogP contribution in [-0.2, 0) is 9.59 Å². The summed E-state index contributed by atoms with van der Waals surface area (Å²) in [6.07, 6.45) is 8.69. The van der Waals surface area contributed by atoms with Crippen LogP contribution in [0.15, 0.2) is 36.7 Å². The molecule has 1 aliphatic heterocycles. The Morgan fingerprint density at radius 1 is 1.00 bits per heavy atom. The Morgan fingerprint density at radius 2 is 1.65 bits per heavy atom. The third-order valence-corrected chi connectivity index (χ3v) is 8.46. The maximum atomic E-state index is 12.9. The molecule has 10 nitrogen and oxygen atoms in total. The van der Waals surface area contributed by atoms with Gasteiger partial charge in [-0.25, -0.2) is 15.0 Å². The molecule has 1 atom stereocenters. The Balaban J connectivity index is 1.29. The van der Waals surface area contributed by atoms with E-state index >= 15 is 0 Å². The maximum absolute atomic E-state index is 12.9. The van der Waals surface area contributed by atoms with Gasteiger partial charge in [0.2, 0.25) is 17.8 Å². The number of amides is 2. The number of aromatic nitrogens is 3. The first kappa shape index (κ1) is 30.7. The van der Waals surface area contributed by atoms with Crippen molar-refractivity contribution in [3.63, 3.8) is 0 Å². The van der Waals surface area contributed by atoms with Gasteiger partial charge in [0, 0.05) is 66.3 Å². The summed E-state index contributed by atoms with van der Waals surface area (Å²) in [6.45, 7) is 12.8. The molecule has 2 aromatic heterocycles. The second-order valence-electron chi connectivity index (χ2n) is 13.4. The third-order valence-electron chi connectivity index (χ3n) is 8.46. The van der Waals surface area contributed by atoms with Gasteiger partial charge in [0.25, 0.3) is 0 Å². The number of nitrogens with two attached hydrogens (primary N) is 1. The Bertz CT molecular complexity index is 1440. The average molecular weight is 587 g/mol. The Labute approximate surface area is 254 Å². The van der Waals surface area contributed by atoms with E-state index in [1.165, 1.54) is 0 Å². The van der Waals surface area contributed by atoms with Crippen molar-refractivity contribution >= 4 is 45.9 Å². The fourth-order valence-corrected chi connectivity index (χ4v) is 5.99. The highest BCUT2D eigenvalue weighted by atomic mass is 16.2. The number of pyridine rings is 1. The van der Waals surface area contributed by atoms with Gasteiger partial charge < -0.3 is 26.2 Å². The van der Waals surface area contributed by atoms with Crippen LogP contribution in [-0.4, -0.2) is 63.9 Å². The first-order valence-electron chi connectivity index (χ1n) is 15.6. The molecule has 1 aromatic carbocycles. The molecular formula is C33H46N8O2. The van der Waals surface area contributed by atoms with E-state index in [9.17, 15) is 9.59 Å². The molecule has 5 rings (SSSR count). The molecule has 0 bridgehead atoms. The summed E-state index contributed by atoms with van der Waals surface area (Å²) in [4.78, 5) is 43.9. The van der Waals surface area contributed by atoms with E-state index in [4.69, 9.17) is 10.7 Å². The van der Waals surface area contributed by atoms with Crippen LogP contribution in [0.25, 0.3) is 10.9 Å². The molecule has 0 radical (unpaired) electrons. The monoisotopic (exact) mass is 586 g/mol. The van der Waals surface area contributed by atoms with Crippen molar-refractivity contribution in [2.75, 3.05) is 41.7 Å². The van der Waals surface area contributed by atoms with Crippen LogP contribution in [0.3, 0.4) is 0 Å². The minimum absolute atomic E-state index is 0.0545. The van der Waals surface area contributed by atoms with E-state index in [-0.39, 0.29) is 11.8 Å². The molecule has 10 heteroatoms. The van der Waals surface area contributed by atoms with Gasteiger partial charge in [-0.3, -0.25) is 9.59 Å². The molecule has 2 aliphatic rings. The smallest absolute Gasteiger partial charge is 0.239 e. The highest BCUT2D eigenvalue weighted by Crippen LogP contribution is 2.41. The van der Waals surface area contributed by atoms with Gasteiger partial charge >= 0.3 is 0 Å². The second-order valence-corrected chi connectivity index (χ2v) is 13.4. The van der Waals surface area contributed by atoms with Crippen LogP contribution < -0.4 is 21.3 Å². The number of hydrogen-bond donors (Lipinski definition) is 3. The van der Waals surface area contributed by atoms with Crippen molar-refractivity contribution in [1.82, 2.24) is 19.9 Å². The minimum atomic E-state index is -0.528. The number of rotatable bonds is 8. The summed E-state index contributed by atoms with van der Waals surface area (Å²) in [5, 5.41) is 7.31. The lowest BCUT2D eigenvalue weighted by molar-refractivity contribution is -0.133. The third kappa shape index (κ3) is 7.24. The SMILES string of the molecule is CC(C)CC(N)C(=O)N1CCN(c2ccc(Nc3ncc4cnc(NC(=O)C(C)(C)C)c(C5CCCC5)c4n3)cc2)CC1. The van der Waals surface area contributed by atoms with Crippen LogP contribution >= 0.6 is 0 Å². The van der Waals surface area contributed by atoms with Crippen LogP contribution in [0.1, 0.15) is 78.2 Å². The lowest BCUT2D eigenvalue weighted by Crippen LogP contribution is -2.53. The molecular weight excluding hydrogens is 540 g/mol. The largest absolute Gasteiger partial charge is 0.368 e. The Hall–Kier alpha value is -3.79. The molecule has 0 spiro atoms. The number of piperazine rings is 1. The molecule has 1 aliphatic carbocycles. The van der Waals surface area contributed by atoms with Crippen molar-refractivity contribution in [2.24, 2.45) is 17.1 Å². The Kier molecular flexibility index (Phi) is 9.15. The number of nitrogens with zero attached hydrogens (tertiary/aromatic N) is 5. The standard InChI is InChI=1S/C33H46N8O2/c1-21(2)18-26(34)30(42)41-16-14-40(15-17-41)25-12-10-24(11-13-25)37-32-36-20-23-19-35-29(39-31(43)33(3,4)5)27(28(23)38-32)22-8-6-7-9-22/h10-13,19-22,26H,6-9,14-18,34H2,1-5H3,(H,35,39,43)(H,36,37,38). The van der Waals surface area contributed by atoms with E-state index in [0.29, 0.717) is 43.1 Å². The molecule has 4 N–H and O–H groups in total. The first-order valence-corrected chi connectivity index (χ1v) is 15.6. The molecule has 3 aromatic rings. The number of fused-ring (bicyclic) bond motifs is 1. The van der Waals surface area contributed by atoms with Crippen LogP contribution in [0.5, 0.6) is 0 Å². The zero-order chi connectivity index (χ0) is 30.7. The van der Waals surface area contributed by atoms with E-state index < -0.39 is 11.5 Å². The highest BCUT2D eigenvalue weighted by Gasteiger charge is 2.29. The number of carbonyl (C=O) groups excluding carboxylic acids is 2. The average Bonchev–Trinajstić information content (AvgIpc) is 3.51. The van der Waals surface area contributed by atoms with Crippen LogP contribution in [0.4, 0.5) is 23.1 Å². The summed E-state index contributed by atoms with van der Waals surface area (Å²) >= 11 is 0. The quantitative estimate of drug-likeness (QED) is 0.319. The van der Waals surface area contributed by atoms with Crippen LogP contribution in [0, 0.1) is 11.3 Å². The molecule has 3 heterocycles. The molecule has 1 unspecified atom stereocenters. The molecule has 1 saturated carbocycles. The van der Waals surface area contributed by atoms with E-state index in [0.717, 1.165) is 66.6 Å². The van der Waals surface area contributed by atoms with Crippen molar-refractivity contribution in [2.45, 2.75) is 78.7 Å². The van der Waals surface area contributed by atoms with Crippen molar-refractivity contribution in [3.8, 4) is 0 Å². The molecule has 230 valence electrons. The van der Waals surface area contributed by atoms with Crippen molar-refractivity contribution in [3.05, 3.63) is 42.2 Å². The van der Waals surface area contributed by atoms with Gasteiger partial charge in [0.1, 0.15) is 5.82 Å². The van der Waals surface area contributed by atoms with Gasteiger partial charge in [-0.15, -0.1) is 0 Å². The van der Waals surface area contributed by atoms with Gasteiger partial charge in [0.05, 0.1) is 11.6 Å². The zero-order valence-corrected chi connectivity index (χ0v) is 26.2. The second kappa shape index (κ2) is 12.8. The van der Waals surface area contributed by atoms with Gasteiger partial charge in [-0.05, 0) is 55.4 Å². The van der Waals surface area contributed by atoms with E-state index in [1.54, 1.807) is 12.4 Å². The van der Waals surface area contributed by atoms with Crippen molar-refractivity contribution < 1.29 is 9.59 Å². The van der Waals surface area contributed by atoms with Crippen LogP contribution in [0.2, 0.25) is 0 Å². The first-order chi connectivity index (χ1) is 20.5. The van der Waals surface area contributed by atoms with Crippen molar-refractivity contribution in [1.29, 1.82) is 0 Å². The number of nitrogens with one attached hydrogen (secondary N) is 2. The predicted octanol–water partition coefficient (Wildman–Crippen LogP) is 5.43. The number of anilines is 4. The zero-order valence-electron chi connectivity index (χ0n) is 26.2. The maximum Gasteiger partial charge on any atom is 0.239 e. The topological polar surface area (TPSA) is 129 Å². The summed E-state index contributed by atoms with van der Waals surface area (Å²) in [6, 6.07) is 7.80. The number of hydrogen-bond acceptors (Lipinski definition) is 8. The predicted molar refractivity (Wildman–Crippen MR) is 173 cm³/mol. The molecule has 2 fully saturated rings. The summed E-state index contributed by atoms with van der Waals surface area (Å²) in [5.41, 5.74) is 9.45. The minimum Gasteiger partial charge on any atom is -0.368 e. The fraction of sp³-hybridized carbons (Fsp3) is 0.545. The van der Waals surface area contributed by atoms with Gasteiger partial charge in [-0.2, -0.15) is 0 Å². The lowest BCUT2D eigenvalue weighted by Gasteiger charge is -2.37. The Morgan fingerprint density at radius 3 is 2.28 bits per heavy atom. The number of benzene rings is 1. The highest BCUT2D eigenvalue weighted by molar-refractivity contribution is 5.97. The summed E-state index contributed by atoms with van der Waals surface area (Å²) in [5.74, 6) is 1.81. The van der Waals surface area contributed by atoms with E-state index in [2.05, 4.69) is 51.5 Å². The summed E-state index contributed by atoms with van der Waals surface area (Å²) < 4.78 is 0. The van der Waals surface area contributed by atoms with Gasteiger partial charge in [0.15, 0.2) is 0 Å². The fourth-order valence-electron chi connectivity index (χ4n) is 5.99. The lowest BCUT2D eigenvalue weighted by atomic mass is 9.93.